The molecule has 94 valence electrons. The molecular formula is C10H9N3O4S. The topological polar surface area (TPSA) is 91.2 Å². The lowest BCUT2D eigenvalue weighted by Gasteiger charge is -2.06. The van der Waals surface area contributed by atoms with E-state index >= 15 is 0 Å². The van der Waals surface area contributed by atoms with Crippen molar-refractivity contribution in [2.75, 3.05) is 6.26 Å². The van der Waals surface area contributed by atoms with Crippen molar-refractivity contribution in [2.24, 2.45) is 0 Å². The Morgan fingerprint density at radius 3 is 2.67 bits per heavy atom. The van der Waals surface area contributed by atoms with Crippen molar-refractivity contribution in [3.63, 3.8) is 0 Å². The van der Waals surface area contributed by atoms with E-state index in [9.17, 15) is 13.2 Å². The van der Waals surface area contributed by atoms with Crippen molar-refractivity contribution in [3.05, 3.63) is 47.3 Å². The molecule has 0 amide bonds. The van der Waals surface area contributed by atoms with Crippen LogP contribution in [0.4, 0.5) is 0 Å². The van der Waals surface area contributed by atoms with Gasteiger partial charge in [-0.1, -0.05) is 0 Å². The molecule has 7 nitrogen and oxygen atoms in total. The minimum Gasteiger partial charge on any atom is -0.284 e. The first-order valence-corrected chi connectivity index (χ1v) is 6.66. The monoisotopic (exact) mass is 267 g/mol. The van der Waals surface area contributed by atoms with Gasteiger partial charge in [-0.25, -0.2) is 9.97 Å². The van der Waals surface area contributed by atoms with Gasteiger partial charge < -0.3 is 0 Å². The molecule has 2 aromatic heterocycles. The summed E-state index contributed by atoms with van der Waals surface area (Å²) in [5, 5.41) is 0. The summed E-state index contributed by atoms with van der Waals surface area (Å²) in [6.45, 7) is 0. The fourth-order valence-corrected chi connectivity index (χ4v) is 1.69. The van der Waals surface area contributed by atoms with Crippen LogP contribution in [0.1, 0.15) is 0 Å². The van der Waals surface area contributed by atoms with Gasteiger partial charge in [0.1, 0.15) is 6.33 Å². The zero-order valence-corrected chi connectivity index (χ0v) is 10.2. The second kappa shape index (κ2) is 4.57. The van der Waals surface area contributed by atoms with E-state index in [2.05, 4.69) is 14.3 Å². The quantitative estimate of drug-likeness (QED) is 0.757. The van der Waals surface area contributed by atoms with Crippen LogP contribution in [0.5, 0.6) is 0 Å². The second-order valence-corrected chi connectivity index (χ2v) is 5.01. The number of hydrogen-bond donors (Lipinski definition) is 0. The van der Waals surface area contributed by atoms with Gasteiger partial charge in [0.25, 0.3) is 5.56 Å². The van der Waals surface area contributed by atoms with E-state index in [1.165, 1.54) is 30.9 Å². The van der Waals surface area contributed by atoms with Crippen molar-refractivity contribution >= 4 is 10.1 Å². The molecule has 0 saturated heterocycles. The summed E-state index contributed by atoms with van der Waals surface area (Å²) in [6.07, 6.45) is 5.00. The van der Waals surface area contributed by atoms with Crippen molar-refractivity contribution in [3.8, 4) is 11.3 Å². The highest BCUT2D eigenvalue weighted by molar-refractivity contribution is 7.86. The van der Waals surface area contributed by atoms with E-state index in [4.69, 9.17) is 0 Å². The van der Waals surface area contributed by atoms with E-state index in [0.29, 0.717) is 16.0 Å². The molecule has 0 bridgehead atoms. The van der Waals surface area contributed by atoms with Gasteiger partial charge in [-0.15, -0.1) is 4.73 Å². The lowest BCUT2D eigenvalue weighted by molar-refractivity contribution is 0.270. The number of aromatic nitrogens is 3. The van der Waals surface area contributed by atoms with Gasteiger partial charge in [-0.05, 0) is 12.1 Å². The molecule has 0 saturated carbocycles. The molecule has 8 heteroatoms. The number of rotatable bonds is 3. The van der Waals surface area contributed by atoms with Gasteiger partial charge in [-0.3, -0.25) is 9.08 Å². The highest BCUT2D eigenvalue weighted by atomic mass is 32.2. The molecule has 0 atom stereocenters. The van der Waals surface area contributed by atoms with Crippen LogP contribution in [0.15, 0.2) is 41.7 Å². The molecule has 0 N–H and O–H groups in total. The Bertz CT molecular complexity index is 709. The fourth-order valence-electron chi connectivity index (χ4n) is 1.28. The third-order valence-corrected chi connectivity index (χ3v) is 2.40. The average molecular weight is 267 g/mol. The van der Waals surface area contributed by atoms with Gasteiger partial charge >= 0.3 is 10.1 Å². The molecule has 0 aliphatic carbocycles. The van der Waals surface area contributed by atoms with Crippen LogP contribution in [0, 0.1) is 0 Å². The fraction of sp³-hybridized carbons (Fsp3) is 0.100. The van der Waals surface area contributed by atoms with Gasteiger partial charge in [0.2, 0.25) is 0 Å². The van der Waals surface area contributed by atoms with Crippen molar-refractivity contribution < 1.29 is 12.7 Å². The SMILES string of the molecule is CS(=O)(=O)On1cc(-c2ccncn2)ccc1=O. The molecule has 2 heterocycles. The summed E-state index contributed by atoms with van der Waals surface area (Å²) < 4.78 is 27.2. The maximum absolute atomic E-state index is 11.4. The van der Waals surface area contributed by atoms with Crippen LogP contribution in [0.25, 0.3) is 11.3 Å². The standard InChI is InChI=1S/C10H9N3O4S/c1-18(15,16)17-13-6-8(2-3-10(13)14)9-4-5-11-7-12-9/h2-7H,1H3. The Labute approximate surface area is 103 Å². The lowest BCUT2D eigenvalue weighted by Crippen LogP contribution is -2.29. The maximum atomic E-state index is 11.4. The summed E-state index contributed by atoms with van der Waals surface area (Å²) in [7, 11) is -3.77. The molecule has 0 fully saturated rings. The molecule has 0 aliphatic rings. The third-order valence-electron chi connectivity index (χ3n) is 1.97. The number of pyridine rings is 1. The largest absolute Gasteiger partial charge is 0.324 e. The van der Waals surface area contributed by atoms with Gasteiger partial charge in [-0.2, -0.15) is 8.42 Å². The first-order valence-electron chi connectivity index (χ1n) is 4.85. The normalized spacial score (nSPS) is 11.2. The molecule has 0 spiro atoms. The van der Waals surface area contributed by atoms with Gasteiger partial charge in [0, 0.05) is 17.8 Å². The summed E-state index contributed by atoms with van der Waals surface area (Å²) in [5.74, 6) is 0. The van der Waals surface area contributed by atoms with E-state index in [1.807, 2.05) is 0 Å². The molecule has 0 aromatic carbocycles. The molecular weight excluding hydrogens is 258 g/mol. The minimum atomic E-state index is -3.77. The van der Waals surface area contributed by atoms with Crippen LogP contribution in [-0.4, -0.2) is 29.4 Å². The Balaban J connectivity index is 2.48. The van der Waals surface area contributed by atoms with E-state index < -0.39 is 15.7 Å². The highest BCUT2D eigenvalue weighted by Crippen LogP contribution is 2.12. The van der Waals surface area contributed by atoms with Gasteiger partial charge in [0.15, 0.2) is 0 Å². The van der Waals surface area contributed by atoms with Crippen molar-refractivity contribution in [1.82, 2.24) is 14.7 Å². The van der Waals surface area contributed by atoms with Crippen LogP contribution in [0.2, 0.25) is 0 Å². The molecule has 0 radical (unpaired) electrons. The van der Waals surface area contributed by atoms with Gasteiger partial charge in [0.05, 0.1) is 18.1 Å². The first-order chi connectivity index (χ1) is 8.46. The highest BCUT2D eigenvalue weighted by Gasteiger charge is 2.08. The van der Waals surface area contributed by atoms with E-state index in [1.54, 1.807) is 6.07 Å². The summed E-state index contributed by atoms with van der Waals surface area (Å²) in [4.78, 5) is 19.2. The van der Waals surface area contributed by atoms with Crippen molar-refractivity contribution in [1.29, 1.82) is 0 Å². The van der Waals surface area contributed by atoms with Crippen molar-refractivity contribution in [2.45, 2.75) is 0 Å². The predicted octanol–water partition coefficient (Wildman–Crippen LogP) is -0.306. The minimum absolute atomic E-state index is 0.542. The third kappa shape index (κ3) is 2.92. The molecule has 0 aliphatic heterocycles. The molecule has 2 rings (SSSR count). The Hall–Kier alpha value is -2.22. The summed E-state index contributed by atoms with van der Waals surface area (Å²) in [5.41, 5.74) is 0.509. The van der Waals surface area contributed by atoms with Crippen LogP contribution >= 0.6 is 0 Å². The van der Waals surface area contributed by atoms with E-state index in [-0.39, 0.29) is 0 Å². The van der Waals surface area contributed by atoms with Crippen LogP contribution in [-0.2, 0) is 10.1 Å². The maximum Gasteiger partial charge on any atom is 0.324 e. The Kier molecular flexibility index (Phi) is 3.11. The summed E-state index contributed by atoms with van der Waals surface area (Å²) >= 11 is 0. The Morgan fingerprint density at radius 1 is 1.28 bits per heavy atom. The van der Waals surface area contributed by atoms with Crippen LogP contribution < -0.4 is 9.84 Å². The molecule has 0 unspecified atom stereocenters. The summed E-state index contributed by atoms with van der Waals surface area (Å²) in [6, 6.07) is 4.35. The molecule has 18 heavy (non-hydrogen) atoms. The second-order valence-electron chi connectivity index (χ2n) is 3.46. The predicted molar refractivity (Wildman–Crippen MR) is 63.2 cm³/mol. The average Bonchev–Trinajstić information content (AvgIpc) is 2.31. The zero-order chi connectivity index (χ0) is 13.2. The molecule has 2 aromatic rings. The lowest BCUT2D eigenvalue weighted by atomic mass is 10.2. The number of nitrogens with zero attached hydrogens (tertiary/aromatic N) is 3. The smallest absolute Gasteiger partial charge is 0.284 e. The number of hydrogen-bond acceptors (Lipinski definition) is 6. The van der Waals surface area contributed by atoms with Crippen LogP contribution in [0.3, 0.4) is 0 Å². The Morgan fingerprint density at radius 2 is 2.06 bits per heavy atom. The first kappa shape index (κ1) is 12.2. The zero-order valence-electron chi connectivity index (χ0n) is 9.35. The van der Waals surface area contributed by atoms with E-state index in [0.717, 1.165) is 6.26 Å².